The normalized spacial score (nSPS) is 16.3. The molecule has 6 rings (SSSR count). The van der Waals surface area contributed by atoms with Crippen molar-refractivity contribution < 1.29 is 19.0 Å². The van der Waals surface area contributed by atoms with Crippen LogP contribution in [0.1, 0.15) is 57.6 Å². The summed E-state index contributed by atoms with van der Waals surface area (Å²) in [6, 6.07) is 15.0. The molecule has 40 heavy (non-hydrogen) atoms. The van der Waals surface area contributed by atoms with Gasteiger partial charge in [0.2, 0.25) is 0 Å². The summed E-state index contributed by atoms with van der Waals surface area (Å²) in [5.74, 6) is 0.900. The maximum absolute atomic E-state index is 12.2. The minimum atomic E-state index is -0.451. The highest BCUT2D eigenvalue weighted by atomic mass is 16.6. The molecule has 1 saturated heterocycles. The molecule has 1 amide bonds. The minimum absolute atomic E-state index is 0.178. The first kappa shape index (κ1) is 26.4. The van der Waals surface area contributed by atoms with Crippen LogP contribution in [0.5, 0.6) is 5.75 Å². The van der Waals surface area contributed by atoms with Gasteiger partial charge in [-0.2, -0.15) is 5.10 Å². The van der Waals surface area contributed by atoms with Crippen LogP contribution in [-0.2, 0) is 16.5 Å². The van der Waals surface area contributed by atoms with Gasteiger partial charge in [-0.05, 0) is 75.4 Å². The molecule has 1 N–H and O–H groups in total. The van der Waals surface area contributed by atoms with E-state index in [0.29, 0.717) is 11.7 Å². The molecular formula is C32H38N4O4. The van der Waals surface area contributed by atoms with Gasteiger partial charge < -0.3 is 18.8 Å². The van der Waals surface area contributed by atoms with Gasteiger partial charge in [-0.25, -0.2) is 4.79 Å². The van der Waals surface area contributed by atoms with Gasteiger partial charge in [0, 0.05) is 54.8 Å². The van der Waals surface area contributed by atoms with Crippen molar-refractivity contribution in [1.29, 1.82) is 0 Å². The Labute approximate surface area is 235 Å². The van der Waals surface area contributed by atoms with E-state index in [1.54, 1.807) is 0 Å². The molecule has 8 nitrogen and oxygen atoms in total. The molecule has 3 heterocycles. The van der Waals surface area contributed by atoms with E-state index in [-0.39, 0.29) is 12.2 Å². The first-order chi connectivity index (χ1) is 19.4. The number of ether oxygens (including phenoxy) is 3. The summed E-state index contributed by atoms with van der Waals surface area (Å²) < 4.78 is 21.6. The van der Waals surface area contributed by atoms with Crippen molar-refractivity contribution in [1.82, 2.24) is 14.3 Å². The van der Waals surface area contributed by atoms with E-state index in [0.717, 1.165) is 72.7 Å². The second kappa shape index (κ2) is 11.0. The molecule has 2 aliphatic rings. The number of benzene rings is 2. The molecule has 1 aliphatic heterocycles. The van der Waals surface area contributed by atoms with Crippen LogP contribution in [0.4, 0.5) is 10.5 Å². The number of carbonyl (C=O) groups excluding carboxylic acids is 1. The fourth-order valence-corrected chi connectivity index (χ4v) is 5.82. The van der Waals surface area contributed by atoms with Crippen LogP contribution in [0.25, 0.3) is 33.4 Å². The molecule has 0 radical (unpaired) electrons. The first-order valence-electron chi connectivity index (χ1n) is 14.4. The molecule has 210 valence electrons. The standard InChI is InChI=1S/C32H38N4O4/c1-20(2)39-32(37)33-23-10-8-22(9-11-23)31-29(30-21(3)19-35(4)34-30)27-13-12-26(40-25-14-16-38-17-15-25)18-28(27)36(31)24-6-5-7-24/h8-13,18-20,24-25H,5-7,14-17H2,1-4H3,(H,33,37). The van der Waals surface area contributed by atoms with E-state index in [1.807, 2.05) is 37.7 Å². The van der Waals surface area contributed by atoms with Gasteiger partial charge in [-0.3, -0.25) is 10.00 Å². The first-order valence-corrected chi connectivity index (χ1v) is 14.4. The smallest absolute Gasteiger partial charge is 0.411 e. The largest absolute Gasteiger partial charge is 0.490 e. The van der Waals surface area contributed by atoms with E-state index in [4.69, 9.17) is 19.3 Å². The van der Waals surface area contributed by atoms with Crippen LogP contribution >= 0.6 is 0 Å². The Balaban J connectivity index is 1.48. The Morgan fingerprint density at radius 1 is 1.07 bits per heavy atom. The Hall–Kier alpha value is -3.78. The van der Waals surface area contributed by atoms with Crippen LogP contribution in [0.2, 0.25) is 0 Å². The quantitative estimate of drug-likeness (QED) is 0.266. The number of amides is 1. The Kier molecular flexibility index (Phi) is 7.27. The van der Waals surface area contributed by atoms with E-state index in [2.05, 4.69) is 53.3 Å². The summed E-state index contributed by atoms with van der Waals surface area (Å²) in [5, 5.41) is 8.92. The average Bonchev–Trinajstić information content (AvgIpc) is 3.39. The minimum Gasteiger partial charge on any atom is -0.490 e. The number of nitrogens with zero attached hydrogens (tertiary/aromatic N) is 3. The zero-order chi connectivity index (χ0) is 27.8. The van der Waals surface area contributed by atoms with E-state index in [1.165, 1.54) is 17.3 Å². The van der Waals surface area contributed by atoms with E-state index in [9.17, 15) is 4.79 Å². The summed E-state index contributed by atoms with van der Waals surface area (Å²) in [6.07, 6.45) is 6.95. The average molecular weight is 543 g/mol. The molecule has 0 bridgehead atoms. The predicted molar refractivity (Wildman–Crippen MR) is 157 cm³/mol. The molecule has 4 aromatic rings. The van der Waals surface area contributed by atoms with Gasteiger partial charge in [0.1, 0.15) is 11.9 Å². The zero-order valence-electron chi connectivity index (χ0n) is 23.8. The maximum Gasteiger partial charge on any atom is 0.411 e. The van der Waals surface area contributed by atoms with Gasteiger partial charge in [0.15, 0.2) is 0 Å². The Morgan fingerprint density at radius 3 is 2.45 bits per heavy atom. The number of aromatic nitrogens is 3. The van der Waals surface area contributed by atoms with Crippen molar-refractivity contribution >= 4 is 22.7 Å². The molecule has 8 heteroatoms. The fourth-order valence-electron chi connectivity index (χ4n) is 5.82. The van der Waals surface area contributed by atoms with E-state index < -0.39 is 6.09 Å². The number of rotatable bonds is 7. The molecule has 0 spiro atoms. The van der Waals surface area contributed by atoms with Crippen LogP contribution < -0.4 is 10.1 Å². The Bertz CT molecular complexity index is 1510. The second-order valence-electron chi connectivity index (χ2n) is 11.3. The fraction of sp³-hybridized carbons (Fsp3) is 0.438. The number of hydrogen-bond donors (Lipinski definition) is 1. The van der Waals surface area contributed by atoms with Gasteiger partial charge in [0.25, 0.3) is 0 Å². The summed E-state index contributed by atoms with van der Waals surface area (Å²) in [4.78, 5) is 12.2. The summed E-state index contributed by atoms with van der Waals surface area (Å²) in [7, 11) is 1.97. The molecule has 0 atom stereocenters. The van der Waals surface area contributed by atoms with E-state index >= 15 is 0 Å². The topological polar surface area (TPSA) is 79.5 Å². The third kappa shape index (κ3) is 5.20. The van der Waals surface area contributed by atoms with Gasteiger partial charge in [-0.1, -0.05) is 12.1 Å². The highest BCUT2D eigenvalue weighted by molar-refractivity contribution is 6.05. The lowest BCUT2D eigenvalue weighted by atomic mass is 9.92. The van der Waals surface area contributed by atoms with Crippen molar-refractivity contribution in [3.8, 4) is 28.3 Å². The number of fused-ring (bicyclic) bond motifs is 1. The molecular weight excluding hydrogens is 504 g/mol. The zero-order valence-corrected chi connectivity index (χ0v) is 23.8. The van der Waals surface area contributed by atoms with Crippen molar-refractivity contribution in [3.05, 3.63) is 54.2 Å². The van der Waals surface area contributed by atoms with Crippen LogP contribution in [0, 0.1) is 6.92 Å². The SMILES string of the molecule is Cc1cn(C)nc1-c1c(-c2ccc(NC(=O)OC(C)C)cc2)n(C2CCC2)c2cc(OC3CCOCC3)ccc12. The third-order valence-corrected chi connectivity index (χ3v) is 7.88. The monoisotopic (exact) mass is 542 g/mol. The molecule has 1 saturated carbocycles. The second-order valence-corrected chi connectivity index (χ2v) is 11.3. The molecule has 1 aliphatic carbocycles. The molecule has 2 aromatic carbocycles. The van der Waals surface area contributed by atoms with Gasteiger partial charge in [-0.15, -0.1) is 0 Å². The number of nitrogens with one attached hydrogen (secondary N) is 1. The lowest BCUT2D eigenvalue weighted by Crippen LogP contribution is -2.25. The number of carbonyl (C=O) groups is 1. The number of aryl methyl sites for hydroxylation is 2. The Morgan fingerprint density at radius 2 is 1.82 bits per heavy atom. The predicted octanol–water partition coefficient (Wildman–Crippen LogP) is 7.26. The van der Waals surface area contributed by atoms with Crippen molar-refractivity contribution in [2.45, 2.75) is 71.1 Å². The lowest BCUT2D eigenvalue weighted by Gasteiger charge is -2.30. The van der Waals surface area contributed by atoms with Crippen molar-refractivity contribution in [3.63, 3.8) is 0 Å². The lowest BCUT2D eigenvalue weighted by molar-refractivity contribution is 0.0256. The van der Waals surface area contributed by atoms with Crippen LogP contribution in [-0.4, -0.2) is 45.9 Å². The highest BCUT2D eigenvalue weighted by Gasteiger charge is 2.30. The van der Waals surface area contributed by atoms with Gasteiger partial charge in [0.05, 0.1) is 36.2 Å². The van der Waals surface area contributed by atoms with Gasteiger partial charge >= 0.3 is 6.09 Å². The van der Waals surface area contributed by atoms with Crippen molar-refractivity contribution in [2.24, 2.45) is 7.05 Å². The number of hydrogen-bond acceptors (Lipinski definition) is 5. The maximum atomic E-state index is 12.2. The summed E-state index contributed by atoms with van der Waals surface area (Å²) in [5.41, 5.74) is 7.36. The van der Waals surface area contributed by atoms with Crippen molar-refractivity contribution in [2.75, 3.05) is 18.5 Å². The third-order valence-electron chi connectivity index (χ3n) is 7.88. The molecule has 2 aromatic heterocycles. The van der Waals surface area contributed by atoms with Crippen LogP contribution in [0.15, 0.2) is 48.7 Å². The summed E-state index contributed by atoms with van der Waals surface area (Å²) in [6.45, 7) is 7.29. The summed E-state index contributed by atoms with van der Waals surface area (Å²) >= 11 is 0. The van der Waals surface area contributed by atoms with Crippen LogP contribution in [0.3, 0.4) is 0 Å². The molecule has 2 fully saturated rings. The molecule has 0 unspecified atom stereocenters. The number of anilines is 1. The highest BCUT2D eigenvalue weighted by Crippen LogP contribution is 2.47.